The molecule has 1 amide bonds. The van der Waals surface area contributed by atoms with Gasteiger partial charge in [0.2, 0.25) is 0 Å². The Bertz CT molecular complexity index is 1100. The van der Waals surface area contributed by atoms with Crippen LogP contribution in [0.1, 0.15) is 15.9 Å². The molecule has 0 bridgehead atoms. The first kappa shape index (κ1) is 20.9. The SMILES string of the molecule is O=C(c1ccc(-n2cncn2)c([N+](=O)[O-])c1)N1CCN(Cc2c(F)cccc2Cl)CC1. The Morgan fingerprint density at radius 3 is 2.61 bits per heavy atom. The standard InChI is InChI=1S/C20H18ClFN6O3/c21-16-2-1-3-17(22)15(16)11-25-6-8-26(9-7-25)20(29)14-4-5-18(19(10-14)28(30)31)27-13-23-12-24-27/h1-5,10,12-13H,6-9,11H2. The zero-order chi connectivity index (χ0) is 22.0. The van der Waals surface area contributed by atoms with Gasteiger partial charge in [0.25, 0.3) is 11.6 Å². The van der Waals surface area contributed by atoms with Crippen LogP contribution in [0.4, 0.5) is 10.1 Å². The van der Waals surface area contributed by atoms with Crippen LogP contribution >= 0.6 is 11.6 Å². The van der Waals surface area contributed by atoms with Gasteiger partial charge in [-0.25, -0.2) is 14.1 Å². The van der Waals surface area contributed by atoms with E-state index in [2.05, 4.69) is 10.1 Å². The molecule has 3 aromatic rings. The maximum Gasteiger partial charge on any atom is 0.295 e. The topological polar surface area (TPSA) is 97.4 Å². The number of rotatable bonds is 5. The minimum Gasteiger partial charge on any atom is -0.336 e. The lowest BCUT2D eigenvalue weighted by molar-refractivity contribution is -0.384. The van der Waals surface area contributed by atoms with Crippen molar-refractivity contribution >= 4 is 23.2 Å². The first-order valence-corrected chi connectivity index (χ1v) is 9.90. The number of carbonyl (C=O) groups is 1. The Balaban J connectivity index is 1.45. The Morgan fingerprint density at radius 2 is 1.97 bits per heavy atom. The van der Waals surface area contributed by atoms with E-state index in [1.54, 1.807) is 17.0 Å². The first-order chi connectivity index (χ1) is 14.9. The number of carbonyl (C=O) groups excluding carboxylic acids is 1. The van der Waals surface area contributed by atoms with E-state index in [9.17, 15) is 19.3 Å². The van der Waals surface area contributed by atoms with Crippen LogP contribution in [0.25, 0.3) is 5.69 Å². The highest BCUT2D eigenvalue weighted by Gasteiger charge is 2.26. The number of aromatic nitrogens is 3. The summed E-state index contributed by atoms with van der Waals surface area (Å²) in [5.41, 5.74) is 0.652. The lowest BCUT2D eigenvalue weighted by Gasteiger charge is -2.35. The molecule has 4 rings (SSSR count). The Labute approximate surface area is 181 Å². The minimum atomic E-state index is -0.552. The summed E-state index contributed by atoms with van der Waals surface area (Å²) in [6.45, 7) is 2.27. The van der Waals surface area contributed by atoms with Crippen LogP contribution in [-0.2, 0) is 6.54 Å². The van der Waals surface area contributed by atoms with Crippen LogP contribution in [0.2, 0.25) is 5.02 Å². The van der Waals surface area contributed by atoms with E-state index < -0.39 is 4.92 Å². The van der Waals surface area contributed by atoms with Crippen molar-refractivity contribution in [2.24, 2.45) is 0 Å². The quantitative estimate of drug-likeness (QED) is 0.443. The van der Waals surface area contributed by atoms with Crippen LogP contribution < -0.4 is 0 Å². The van der Waals surface area contributed by atoms with Gasteiger partial charge in [-0.05, 0) is 24.3 Å². The van der Waals surface area contributed by atoms with Crippen LogP contribution in [-0.4, -0.2) is 61.6 Å². The minimum absolute atomic E-state index is 0.223. The average molecular weight is 445 g/mol. The predicted molar refractivity (Wildman–Crippen MR) is 111 cm³/mol. The molecule has 160 valence electrons. The molecule has 31 heavy (non-hydrogen) atoms. The van der Waals surface area contributed by atoms with E-state index in [1.807, 2.05) is 4.90 Å². The van der Waals surface area contributed by atoms with Crippen LogP contribution in [0.5, 0.6) is 0 Å². The molecule has 11 heteroatoms. The summed E-state index contributed by atoms with van der Waals surface area (Å²) in [4.78, 5) is 31.3. The molecule has 0 radical (unpaired) electrons. The third kappa shape index (κ3) is 4.39. The molecule has 2 heterocycles. The van der Waals surface area contributed by atoms with Gasteiger partial charge in [0.1, 0.15) is 24.2 Å². The second kappa shape index (κ2) is 8.78. The number of benzene rings is 2. The van der Waals surface area contributed by atoms with Gasteiger partial charge in [-0.3, -0.25) is 19.8 Å². The molecule has 0 N–H and O–H groups in total. The maximum absolute atomic E-state index is 14.0. The molecular formula is C20H18ClFN6O3. The van der Waals surface area contributed by atoms with E-state index in [0.29, 0.717) is 43.3 Å². The number of nitro groups is 1. The summed E-state index contributed by atoms with van der Waals surface area (Å²) in [5.74, 6) is -0.650. The molecular weight excluding hydrogens is 427 g/mol. The molecule has 0 aliphatic carbocycles. The zero-order valence-corrected chi connectivity index (χ0v) is 17.1. The summed E-state index contributed by atoms with van der Waals surface area (Å²) in [6.07, 6.45) is 2.63. The van der Waals surface area contributed by atoms with Crippen LogP contribution in [0, 0.1) is 15.9 Å². The van der Waals surface area contributed by atoms with Gasteiger partial charge < -0.3 is 4.90 Å². The Kier molecular flexibility index (Phi) is 5.92. The number of amides is 1. The molecule has 1 saturated heterocycles. The second-order valence-corrected chi connectivity index (χ2v) is 7.48. The fraction of sp³-hybridized carbons (Fsp3) is 0.250. The highest BCUT2D eigenvalue weighted by molar-refractivity contribution is 6.31. The van der Waals surface area contributed by atoms with Gasteiger partial charge in [0, 0.05) is 54.9 Å². The average Bonchev–Trinajstić information content (AvgIpc) is 3.31. The smallest absolute Gasteiger partial charge is 0.295 e. The van der Waals surface area contributed by atoms with Crippen LogP contribution in [0.15, 0.2) is 49.1 Å². The molecule has 9 nitrogen and oxygen atoms in total. The summed E-state index contributed by atoms with van der Waals surface area (Å²) in [7, 11) is 0. The predicted octanol–water partition coefficient (Wildman–Crippen LogP) is 2.93. The van der Waals surface area contributed by atoms with Crippen molar-refractivity contribution in [3.05, 3.63) is 81.1 Å². The zero-order valence-electron chi connectivity index (χ0n) is 16.3. The lowest BCUT2D eigenvalue weighted by Crippen LogP contribution is -2.48. The number of halogens is 2. The fourth-order valence-electron chi connectivity index (χ4n) is 3.53. The third-order valence-electron chi connectivity index (χ3n) is 5.19. The number of hydrogen-bond acceptors (Lipinski definition) is 6. The summed E-state index contributed by atoms with van der Waals surface area (Å²) in [5, 5.41) is 15.8. The summed E-state index contributed by atoms with van der Waals surface area (Å²) < 4.78 is 15.3. The van der Waals surface area contributed by atoms with Gasteiger partial charge in [0.05, 0.1) is 4.92 Å². The third-order valence-corrected chi connectivity index (χ3v) is 5.54. The maximum atomic E-state index is 14.0. The number of nitrogens with zero attached hydrogens (tertiary/aromatic N) is 6. The van der Waals surface area contributed by atoms with Crippen molar-refractivity contribution in [3.63, 3.8) is 0 Å². The summed E-state index contributed by atoms with van der Waals surface area (Å²) in [6, 6.07) is 8.86. The van der Waals surface area contributed by atoms with E-state index in [-0.39, 0.29) is 28.7 Å². The van der Waals surface area contributed by atoms with E-state index in [4.69, 9.17) is 11.6 Å². The number of piperazine rings is 1. The van der Waals surface area contributed by atoms with Crippen molar-refractivity contribution in [2.75, 3.05) is 26.2 Å². The van der Waals surface area contributed by atoms with Crippen molar-refractivity contribution in [2.45, 2.75) is 6.54 Å². The van der Waals surface area contributed by atoms with Crippen LogP contribution in [0.3, 0.4) is 0 Å². The molecule has 1 aliphatic rings. The van der Waals surface area contributed by atoms with E-state index in [1.165, 1.54) is 41.6 Å². The van der Waals surface area contributed by atoms with E-state index >= 15 is 0 Å². The van der Waals surface area contributed by atoms with Crippen molar-refractivity contribution in [3.8, 4) is 5.69 Å². The highest BCUT2D eigenvalue weighted by atomic mass is 35.5. The van der Waals surface area contributed by atoms with Gasteiger partial charge in [-0.15, -0.1) is 0 Å². The molecule has 1 aromatic heterocycles. The molecule has 2 aromatic carbocycles. The Morgan fingerprint density at radius 1 is 1.19 bits per heavy atom. The van der Waals surface area contributed by atoms with E-state index in [0.717, 1.165) is 0 Å². The fourth-order valence-corrected chi connectivity index (χ4v) is 3.75. The van der Waals surface area contributed by atoms with Gasteiger partial charge >= 0.3 is 0 Å². The molecule has 0 unspecified atom stereocenters. The molecule has 0 saturated carbocycles. The van der Waals surface area contributed by atoms with Crippen molar-refractivity contribution < 1.29 is 14.1 Å². The summed E-state index contributed by atoms with van der Waals surface area (Å²) >= 11 is 6.10. The largest absolute Gasteiger partial charge is 0.336 e. The molecule has 0 atom stereocenters. The normalized spacial score (nSPS) is 14.6. The molecule has 1 fully saturated rings. The van der Waals surface area contributed by atoms with Gasteiger partial charge in [-0.2, -0.15) is 5.10 Å². The Hall–Kier alpha value is -3.37. The first-order valence-electron chi connectivity index (χ1n) is 9.52. The van der Waals surface area contributed by atoms with Crippen molar-refractivity contribution in [1.29, 1.82) is 0 Å². The molecule has 1 aliphatic heterocycles. The monoisotopic (exact) mass is 444 g/mol. The lowest BCUT2D eigenvalue weighted by atomic mass is 10.1. The number of hydrogen-bond donors (Lipinski definition) is 0. The van der Waals surface area contributed by atoms with Crippen molar-refractivity contribution in [1.82, 2.24) is 24.6 Å². The van der Waals surface area contributed by atoms with Gasteiger partial charge in [0.15, 0.2) is 0 Å². The second-order valence-electron chi connectivity index (χ2n) is 7.07. The molecule has 0 spiro atoms. The highest BCUT2D eigenvalue weighted by Crippen LogP contribution is 2.25. The van der Waals surface area contributed by atoms with Gasteiger partial charge in [-0.1, -0.05) is 17.7 Å². The number of nitro benzene ring substituents is 1.